The lowest BCUT2D eigenvalue weighted by Gasteiger charge is -2.25. The summed E-state index contributed by atoms with van der Waals surface area (Å²) in [6.45, 7) is 1.71. The van der Waals surface area contributed by atoms with Crippen molar-refractivity contribution in [3.8, 4) is 0 Å². The molecule has 1 aliphatic rings. The lowest BCUT2D eigenvalue weighted by Crippen LogP contribution is -2.25. The lowest BCUT2D eigenvalue weighted by atomic mass is 9.98. The van der Waals surface area contributed by atoms with Crippen molar-refractivity contribution in [2.24, 2.45) is 0 Å². The van der Waals surface area contributed by atoms with Gasteiger partial charge in [0.25, 0.3) is 0 Å². The maximum atomic E-state index is 10.4. The molecule has 0 aromatic carbocycles. The number of rotatable bonds is 5. The van der Waals surface area contributed by atoms with Crippen LogP contribution in [0.25, 0.3) is 0 Å². The Morgan fingerprint density at radius 3 is 2.47 bits per heavy atom. The first-order chi connectivity index (χ1) is 6.97. The molecule has 1 saturated carbocycles. The average Bonchev–Trinajstić information content (AvgIpc) is 2.15. The fourth-order valence-electron chi connectivity index (χ4n) is 1.77. The minimum absolute atomic E-state index is 0.0548. The molecule has 2 N–H and O–H groups in total. The zero-order chi connectivity index (χ0) is 11.3. The molecule has 0 aromatic heterocycles. The second-order valence-corrected chi connectivity index (χ2v) is 5.23. The predicted octanol–water partition coefficient (Wildman–Crippen LogP) is 1.83. The first kappa shape index (κ1) is 13.1. The molecule has 0 heterocycles. The maximum Gasteiger partial charge on any atom is 0.469 e. The van der Waals surface area contributed by atoms with Gasteiger partial charge in [-0.1, -0.05) is 19.3 Å². The van der Waals surface area contributed by atoms with E-state index >= 15 is 0 Å². The topological polar surface area (TPSA) is 76.0 Å². The van der Waals surface area contributed by atoms with Gasteiger partial charge in [-0.25, -0.2) is 4.57 Å². The number of ether oxygens (including phenoxy) is 1. The molecule has 1 atom stereocenters. The summed E-state index contributed by atoms with van der Waals surface area (Å²) in [7, 11) is -4.35. The highest BCUT2D eigenvalue weighted by atomic mass is 31.2. The van der Waals surface area contributed by atoms with E-state index < -0.39 is 7.82 Å². The SMILES string of the molecule is CC(COP(=O)(O)O)OC1CCCCC1. The van der Waals surface area contributed by atoms with Crippen LogP contribution in [0.5, 0.6) is 0 Å². The van der Waals surface area contributed by atoms with E-state index in [2.05, 4.69) is 4.52 Å². The van der Waals surface area contributed by atoms with E-state index in [9.17, 15) is 4.57 Å². The van der Waals surface area contributed by atoms with E-state index in [1.54, 1.807) is 6.92 Å². The minimum atomic E-state index is -4.35. The van der Waals surface area contributed by atoms with Crippen molar-refractivity contribution in [2.45, 2.75) is 51.2 Å². The van der Waals surface area contributed by atoms with Crippen molar-refractivity contribution in [3.05, 3.63) is 0 Å². The minimum Gasteiger partial charge on any atom is -0.373 e. The summed E-state index contributed by atoms with van der Waals surface area (Å²) in [5.41, 5.74) is 0. The van der Waals surface area contributed by atoms with Gasteiger partial charge in [0.15, 0.2) is 0 Å². The Kier molecular flexibility index (Phi) is 5.23. The fourth-order valence-corrected chi connectivity index (χ4v) is 2.18. The predicted molar refractivity (Wildman–Crippen MR) is 55.4 cm³/mol. The van der Waals surface area contributed by atoms with Crippen LogP contribution in [0.15, 0.2) is 0 Å². The zero-order valence-corrected chi connectivity index (χ0v) is 9.86. The third-order valence-electron chi connectivity index (χ3n) is 2.45. The van der Waals surface area contributed by atoms with Gasteiger partial charge < -0.3 is 14.5 Å². The van der Waals surface area contributed by atoms with Gasteiger partial charge in [0.1, 0.15) is 0 Å². The standard InChI is InChI=1S/C9H19O5P/c1-8(7-13-15(10,11)12)14-9-5-3-2-4-6-9/h8-9H,2-7H2,1H3,(H2,10,11,12). The Balaban J connectivity index is 2.17. The van der Waals surface area contributed by atoms with Crippen LogP contribution in [0.1, 0.15) is 39.0 Å². The van der Waals surface area contributed by atoms with Crippen LogP contribution in [0.2, 0.25) is 0 Å². The molecule has 0 bridgehead atoms. The van der Waals surface area contributed by atoms with Crippen molar-refractivity contribution in [2.75, 3.05) is 6.61 Å². The Hall–Kier alpha value is 0.0700. The maximum absolute atomic E-state index is 10.4. The first-order valence-electron chi connectivity index (χ1n) is 5.33. The molecule has 0 aromatic rings. The molecule has 0 amide bonds. The third kappa shape index (κ3) is 6.28. The summed E-state index contributed by atoms with van der Waals surface area (Å²) >= 11 is 0. The number of hydrogen-bond acceptors (Lipinski definition) is 3. The molecule has 0 aliphatic heterocycles. The summed E-state index contributed by atoms with van der Waals surface area (Å²) in [6.07, 6.45) is 5.66. The van der Waals surface area contributed by atoms with Gasteiger partial charge in [-0.2, -0.15) is 0 Å². The van der Waals surface area contributed by atoms with Crippen LogP contribution >= 0.6 is 7.82 Å². The molecular formula is C9H19O5P. The van der Waals surface area contributed by atoms with Gasteiger partial charge in [-0.3, -0.25) is 4.52 Å². The number of hydrogen-bond donors (Lipinski definition) is 2. The molecule has 1 unspecified atom stereocenters. The van der Waals surface area contributed by atoms with Gasteiger partial charge in [-0.15, -0.1) is 0 Å². The quantitative estimate of drug-likeness (QED) is 0.714. The highest BCUT2D eigenvalue weighted by Crippen LogP contribution is 2.36. The highest BCUT2D eigenvalue weighted by Gasteiger charge is 2.20. The van der Waals surface area contributed by atoms with Gasteiger partial charge in [0, 0.05) is 0 Å². The van der Waals surface area contributed by atoms with Crippen LogP contribution in [0.3, 0.4) is 0 Å². The van der Waals surface area contributed by atoms with Crippen LogP contribution in [0.4, 0.5) is 0 Å². The number of phosphoric ester groups is 1. The third-order valence-corrected chi connectivity index (χ3v) is 2.94. The van der Waals surface area contributed by atoms with Crippen molar-refractivity contribution >= 4 is 7.82 Å². The van der Waals surface area contributed by atoms with Crippen LogP contribution in [-0.4, -0.2) is 28.6 Å². The largest absolute Gasteiger partial charge is 0.469 e. The summed E-state index contributed by atoms with van der Waals surface area (Å²) in [6, 6.07) is 0. The molecule has 0 radical (unpaired) electrons. The van der Waals surface area contributed by atoms with E-state index in [-0.39, 0.29) is 18.8 Å². The molecule has 0 saturated heterocycles. The van der Waals surface area contributed by atoms with E-state index in [0.29, 0.717) is 0 Å². The molecule has 5 nitrogen and oxygen atoms in total. The summed E-state index contributed by atoms with van der Waals surface area (Å²) < 4.78 is 20.4. The Morgan fingerprint density at radius 1 is 1.33 bits per heavy atom. The average molecular weight is 238 g/mol. The summed E-state index contributed by atoms with van der Waals surface area (Å²) in [4.78, 5) is 17.0. The second-order valence-electron chi connectivity index (χ2n) is 3.99. The van der Waals surface area contributed by atoms with Crippen LogP contribution in [0, 0.1) is 0 Å². The van der Waals surface area contributed by atoms with E-state index in [0.717, 1.165) is 12.8 Å². The molecule has 1 fully saturated rings. The Bertz CT molecular complexity index is 221. The second kappa shape index (κ2) is 5.97. The summed E-state index contributed by atoms with van der Waals surface area (Å²) in [5.74, 6) is 0. The van der Waals surface area contributed by atoms with Crippen molar-refractivity contribution in [1.29, 1.82) is 0 Å². The zero-order valence-electron chi connectivity index (χ0n) is 8.96. The molecular weight excluding hydrogens is 219 g/mol. The fraction of sp³-hybridized carbons (Fsp3) is 1.00. The van der Waals surface area contributed by atoms with E-state index in [4.69, 9.17) is 14.5 Å². The van der Waals surface area contributed by atoms with Crippen molar-refractivity contribution in [1.82, 2.24) is 0 Å². The Morgan fingerprint density at radius 2 is 1.93 bits per heavy atom. The molecule has 15 heavy (non-hydrogen) atoms. The van der Waals surface area contributed by atoms with Crippen LogP contribution < -0.4 is 0 Å². The molecule has 1 aliphatic carbocycles. The summed E-state index contributed by atoms with van der Waals surface area (Å²) in [5, 5.41) is 0. The smallest absolute Gasteiger partial charge is 0.373 e. The van der Waals surface area contributed by atoms with Gasteiger partial charge >= 0.3 is 7.82 Å². The molecule has 90 valence electrons. The van der Waals surface area contributed by atoms with Crippen molar-refractivity contribution in [3.63, 3.8) is 0 Å². The lowest BCUT2D eigenvalue weighted by molar-refractivity contribution is -0.0430. The molecule has 0 spiro atoms. The van der Waals surface area contributed by atoms with Gasteiger partial charge in [-0.05, 0) is 19.8 Å². The van der Waals surface area contributed by atoms with E-state index in [1.807, 2.05) is 0 Å². The normalized spacial score (nSPS) is 21.5. The molecule has 1 rings (SSSR count). The van der Waals surface area contributed by atoms with Gasteiger partial charge in [0.2, 0.25) is 0 Å². The van der Waals surface area contributed by atoms with Crippen LogP contribution in [-0.2, 0) is 13.8 Å². The Labute approximate surface area is 90.0 Å². The van der Waals surface area contributed by atoms with E-state index in [1.165, 1.54) is 19.3 Å². The monoisotopic (exact) mass is 238 g/mol. The molecule has 6 heteroatoms. The highest BCUT2D eigenvalue weighted by molar-refractivity contribution is 7.46. The van der Waals surface area contributed by atoms with Gasteiger partial charge in [0.05, 0.1) is 18.8 Å². The van der Waals surface area contributed by atoms with Crippen molar-refractivity contribution < 1.29 is 23.6 Å². The number of phosphoric acid groups is 1. The first-order valence-corrected chi connectivity index (χ1v) is 6.86.